The Kier molecular flexibility index (Phi) is 11.6. The summed E-state index contributed by atoms with van der Waals surface area (Å²) in [5.41, 5.74) is 3.57. The first-order valence-corrected chi connectivity index (χ1v) is 13.4. The third-order valence-corrected chi connectivity index (χ3v) is 6.53. The van der Waals surface area contributed by atoms with Crippen molar-refractivity contribution in [2.45, 2.75) is 90.4 Å². The molecule has 0 amide bonds. The number of hydrogen-bond acceptors (Lipinski definition) is 2. The fraction of sp³-hybridized carbons (Fsp3) is 0.438. The molecule has 182 valence electrons. The molecule has 0 atom stereocenters. The van der Waals surface area contributed by atoms with Gasteiger partial charge < -0.3 is 9.84 Å². The van der Waals surface area contributed by atoms with E-state index in [-0.39, 0.29) is 5.75 Å². The lowest BCUT2D eigenvalue weighted by molar-refractivity contribution is 0.475. The maximum atomic E-state index is 9.45. The molecule has 0 bridgehead atoms. The van der Waals surface area contributed by atoms with Gasteiger partial charge in [-0.05, 0) is 65.9 Å². The largest absolute Gasteiger partial charge is 0.508 e. The van der Waals surface area contributed by atoms with Crippen LogP contribution in [0.4, 0.5) is 0 Å². The summed E-state index contributed by atoms with van der Waals surface area (Å²) >= 11 is 0. The van der Waals surface area contributed by atoms with Crippen LogP contribution in [0.5, 0.6) is 17.2 Å². The lowest BCUT2D eigenvalue weighted by atomic mass is 10.0. The molecule has 2 nitrogen and oxygen atoms in total. The van der Waals surface area contributed by atoms with Gasteiger partial charge in [0.2, 0.25) is 0 Å². The van der Waals surface area contributed by atoms with Crippen LogP contribution in [-0.2, 0) is 6.42 Å². The Labute approximate surface area is 207 Å². The highest BCUT2D eigenvalue weighted by atomic mass is 16.5. The second-order valence-corrected chi connectivity index (χ2v) is 9.46. The fourth-order valence-electron chi connectivity index (χ4n) is 4.40. The zero-order chi connectivity index (χ0) is 23.8. The number of ether oxygens (including phenoxy) is 1. The van der Waals surface area contributed by atoms with Crippen LogP contribution in [0.2, 0.25) is 0 Å². The van der Waals surface area contributed by atoms with E-state index >= 15 is 0 Å². The molecular formula is C32H42O2. The Balaban J connectivity index is 1.28. The summed E-state index contributed by atoms with van der Waals surface area (Å²) in [6.45, 7) is 2.28. The minimum absolute atomic E-state index is 0.283. The maximum Gasteiger partial charge on any atom is 0.127 e. The van der Waals surface area contributed by atoms with E-state index in [1.165, 1.54) is 82.6 Å². The van der Waals surface area contributed by atoms with Crippen LogP contribution in [0, 0.1) is 0 Å². The smallest absolute Gasteiger partial charge is 0.127 e. The van der Waals surface area contributed by atoms with Crippen molar-refractivity contribution in [1.82, 2.24) is 0 Å². The molecule has 0 aliphatic rings. The second-order valence-electron chi connectivity index (χ2n) is 9.46. The highest BCUT2D eigenvalue weighted by Gasteiger charge is 2.02. The number of phenols is 1. The first-order valence-electron chi connectivity index (χ1n) is 13.4. The van der Waals surface area contributed by atoms with Gasteiger partial charge in [0.25, 0.3) is 0 Å². The van der Waals surface area contributed by atoms with Crippen LogP contribution in [0.25, 0.3) is 11.1 Å². The van der Waals surface area contributed by atoms with Gasteiger partial charge >= 0.3 is 0 Å². The number of benzene rings is 3. The minimum atomic E-state index is 0.283. The summed E-state index contributed by atoms with van der Waals surface area (Å²) in [7, 11) is 0. The van der Waals surface area contributed by atoms with Crippen molar-refractivity contribution in [3.63, 3.8) is 0 Å². The summed E-state index contributed by atoms with van der Waals surface area (Å²) in [4.78, 5) is 0. The molecule has 0 fully saturated rings. The Morgan fingerprint density at radius 3 is 1.41 bits per heavy atom. The summed E-state index contributed by atoms with van der Waals surface area (Å²) in [5.74, 6) is 1.98. The van der Waals surface area contributed by atoms with Gasteiger partial charge in [-0.25, -0.2) is 0 Å². The molecule has 0 aliphatic carbocycles. The van der Waals surface area contributed by atoms with E-state index in [2.05, 4.69) is 31.2 Å². The first-order chi connectivity index (χ1) is 16.7. The first kappa shape index (κ1) is 25.9. The number of rotatable bonds is 16. The summed E-state index contributed by atoms with van der Waals surface area (Å²) < 4.78 is 6.02. The Bertz CT molecular complexity index is 911. The maximum absolute atomic E-state index is 9.45. The van der Waals surface area contributed by atoms with E-state index in [1.807, 2.05) is 36.4 Å². The summed E-state index contributed by atoms with van der Waals surface area (Å²) in [5, 5.41) is 9.45. The molecular weight excluding hydrogens is 416 g/mol. The van der Waals surface area contributed by atoms with Crippen LogP contribution in [0.15, 0.2) is 72.8 Å². The predicted octanol–water partition coefficient (Wildman–Crippen LogP) is 10.1. The molecule has 0 radical (unpaired) electrons. The third kappa shape index (κ3) is 9.63. The third-order valence-electron chi connectivity index (χ3n) is 6.53. The van der Waals surface area contributed by atoms with Gasteiger partial charge in [-0.1, -0.05) is 114 Å². The van der Waals surface area contributed by atoms with Crippen molar-refractivity contribution in [3.8, 4) is 28.4 Å². The van der Waals surface area contributed by atoms with Gasteiger partial charge in [0.1, 0.15) is 17.2 Å². The summed E-state index contributed by atoms with van der Waals surface area (Å²) in [6, 6.07) is 23.8. The van der Waals surface area contributed by atoms with E-state index in [4.69, 9.17) is 4.74 Å². The van der Waals surface area contributed by atoms with E-state index in [9.17, 15) is 5.11 Å². The predicted molar refractivity (Wildman–Crippen MR) is 145 cm³/mol. The van der Waals surface area contributed by atoms with E-state index in [1.54, 1.807) is 12.1 Å². The molecule has 0 unspecified atom stereocenters. The fourth-order valence-corrected chi connectivity index (χ4v) is 4.40. The van der Waals surface area contributed by atoms with E-state index < -0.39 is 0 Å². The molecule has 3 aromatic rings. The number of aromatic hydroxyl groups is 1. The minimum Gasteiger partial charge on any atom is -0.508 e. The van der Waals surface area contributed by atoms with Crippen molar-refractivity contribution in [3.05, 3.63) is 78.4 Å². The number of unbranched alkanes of at least 4 members (excludes halogenated alkanes) is 11. The molecule has 2 heteroatoms. The molecule has 0 heterocycles. The van der Waals surface area contributed by atoms with E-state index in [0.717, 1.165) is 29.0 Å². The zero-order valence-electron chi connectivity index (χ0n) is 21.0. The monoisotopic (exact) mass is 458 g/mol. The van der Waals surface area contributed by atoms with Gasteiger partial charge in [-0.2, -0.15) is 0 Å². The van der Waals surface area contributed by atoms with Gasteiger partial charge in [-0.15, -0.1) is 0 Å². The molecule has 0 saturated carbocycles. The van der Waals surface area contributed by atoms with E-state index in [0.29, 0.717) is 0 Å². The normalized spacial score (nSPS) is 11.0. The molecule has 3 rings (SSSR count). The number of aryl methyl sites for hydroxylation is 1. The molecule has 0 aromatic heterocycles. The molecule has 0 saturated heterocycles. The average molecular weight is 459 g/mol. The van der Waals surface area contributed by atoms with Crippen LogP contribution < -0.4 is 4.74 Å². The van der Waals surface area contributed by atoms with Crippen molar-refractivity contribution in [2.75, 3.05) is 0 Å². The lowest BCUT2D eigenvalue weighted by Crippen LogP contribution is -1.88. The molecule has 3 aromatic carbocycles. The zero-order valence-corrected chi connectivity index (χ0v) is 21.0. The second kappa shape index (κ2) is 15.2. The Hall–Kier alpha value is -2.74. The lowest BCUT2D eigenvalue weighted by Gasteiger charge is -2.08. The molecule has 34 heavy (non-hydrogen) atoms. The number of phenolic OH excluding ortho intramolecular Hbond substituents is 1. The average Bonchev–Trinajstić information content (AvgIpc) is 2.87. The molecule has 1 N–H and O–H groups in total. The van der Waals surface area contributed by atoms with Crippen molar-refractivity contribution < 1.29 is 9.84 Å². The van der Waals surface area contributed by atoms with Crippen LogP contribution in [-0.4, -0.2) is 5.11 Å². The van der Waals surface area contributed by atoms with Crippen LogP contribution >= 0.6 is 0 Å². The SMILES string of the molecule is CCCCCCCCCCCCCCc1ccc(Oc2ccc(-c3ccc(O)cc3)cc2)cc1. The van der Waals surface area contributed by atoms with Crippen molar-refractivity contribution >= 4 is 0 Å². The van der Waals surface area contributed by atoms with Gasteiger partial charge in [0.15, 0.2) is 0 Å². The van der Waals surface area contributed by atoms with Crippen molar-refractivity contribution in [1.29, 1.82) is 0 Å². The van der Waals surface area contributed by atoms with Gasteiger partial charge in [0, 0.05) is 0 Å². The summed E-state index contributed by atoms with van der Waals surface area (Å²) in [6.07, 6.45) is 17.8. The van der Waals surface area contributed by atoms with Crippen LogP contribution in [0.3, 0.4) is 0 Å². The molecule has 0 spiro atoms. The van der Waals surface area contributed by atoms with Gasteiger partial charge in [-0.3, -0.25) is 0 Å². The number of hydrogen-bond donors (Lipinski definition) is 1. The van der Waals surface area contributed by atoms with Gasteiger partial charge in [0.05, 0.1) is 0 Å². The highest BCUT2D eigenvalue weighted by Crippen LogP contribution is 2.27. The molecule has 0 aliphatic heterocycles. The quantitative estimate of drug-likeness (QED) is 0.216. The Morgan fingerprint density at radius 1 is 0.500 bits per heavy atom. The van der Waals surface area contributed by atoms with Crippen molar-refractivity contribution in [2.24, 2.45) is 0 Å². The Morgan fingerprint density at radius 2 is 0.912 bits per heavy atom. The van der Waals surface area contributed by atoms with Crippen LogP contribution in [0.1, 0.15) is 89.5 Å². The topological polar surface area (TPSA) is 29.5 Å². The highest BCUT2D eigenvalue weighted by molar-refractivity contribution is 5.64. The standard InChI is InChI=1S/C32H42O2/c1-2-3-4-5-6-7-8-9-10-11-12-13-14-27-15-23-31(24-16-27)34-32-25-19-29(20-26-32)28-17-21-30(33)22-18-28/h15-26,33H,2-14H2,1H3.